The van der Waals surface area contributed by atoms with Crippen LogP contribution in [0.5, 0.6) is 0 Å². The van der Waals surface area contributed by atoms with Gasteiger partial charge in [-0.2, -0.15) is 0 Å². The molecule has 154 valence electrons. The lowest BCUT2D eigenvalue weighted by molar-refractivity contribution is -0.161. The maximum atomic E-state index is 12.5. The number of carbonyl (C=O) groups excluding carboxylic acids is 2. The van der Waals surface area contributed by atoms with E-state index >= 15 is 0 Å². The second-order valence-electron chi connectivity index (χ2n) is 8.01. The average Bonchev–Trinajstić information content (AvgIpc) is 2.71. The molecule has 2 rings (SSSR count). The number of benzene rings is 1. The first-order chi connectivity index (χ1) is 13.6. The van der Waals surface area contributed by atoms with E-state index in [1.54, 1.807) is 0 Å². The predicted molar refractivity (Wildman–Crippen MR) is 110 cm³/mol. The highest BCUT2D eigenvalue weighted by Crippen LogP contribution is 2.28. The van der Waals surface area contributed by atoms with Gasteiger partial charge in [0.05, 0.1) is 18.4 Å². The van der Waals surface area contributed by atoms with E-state index in [2.05, 4.69) is 13.8 Å². The predicted octanol–water partition coefficient (Wildman–Crippen LogP) is 5.46. The van der Waals surface area contributed by atoms with Crippen molar-refractivity contribution >= 4 is 11.9 Å². The molecule has 1 aliphatic carbocycles. The van der Waals surface area contributed by atoms with Crippen molar-refractivity contribution in [3.8, 4) is 0 Å². The molecule has 0 amide bonds. The lowest BCUT2D eigenvalue weighted by Gasteiger charge is -2.25. The highest BCUT2D eigenvalue weighted by molar-refractivity contribution is 5.82. The van der Waals surface area contributed by atoms with Gasteiger partial charge in [0, 0.05) is 0 Å². The summed E-state index contributed by atoms with van der Waals surface area (Å²) in [5.41, 5.74) is 0.943. The van der Waals surface area contributed by atoms with Crippen LogP contribution in [0, 0.1) is 17.8 Å². The summed E-state index contributed by atoms with van der Waals surface area (Å²) in [6.07, 6.45) is 10.6. The topological polar surface area (TPSA) is 52.6 Å². The molecule has 1 aliphatic rings. The first kappa shape index (κ1) is 22.2. The van der Waals surface area contributed by atoms with E-state index in [4.69, 9.17) is 9.47 Å². The Bertz CT molecular complexity index is 621. The van der Waals surface area contributed by atoms with Crippen molar-refractivity contribution in [1.82, 2.24) is 0 Å². The van der Waals surface area contributed by atoms with Crippen LogP contribution in [0.2, 0.25) is 0 Å². The maximum Gasteiger partial charge on any atom is 0.310 e. The lowest BCUT2D eigenvalue weighted by Crippen LogP contribution is -2.33. The van der Waals surface area contributed by atoms with Gasteiger partial charge >= 0.3 is 11.9 Å². The van der Waals surface area contributed by atoms with E-state index in [1.807, 2.05) is 42.5 Å². The molecule has 4 heteroatoms. The van der Waals surface area contributed by atoms with E-state index < -0.39 is 11.8 Å². The maximum absolute atomic E-state index is 12.5. The molecule has 0 saturated carbocycles. The van der Waals surface area contributed by atoms with Crippen LogP contribution >= 0.6 is 0 Å². The fourth-order valence-electron chi connectivity index (χ4n) is 3.46. The van der Waals surface area contributed by atoms with Crippen molar-refractivity contribution in [2.45, 2.75) is 65.4 Å². The minimum absolute atomic E-state index is 0.234. The van der Waals surface area contributed by atoms with Crippen LogP contribution in [0.25, 0.3) is 0 Å². The van der Waals surface area contributed by atoms with E-state index in [1.165, 1.54) is 19.3 Å². The Morgan fingerprint density at radius 3 is 2.14 bits per heavy atom. The van der Waals surface area contributed by atoms with Gasteiger partial charge in [-0.05, 0) is 30.7 Å². The first-order valence-electron chi connectivity index (χ1n) is 10.6. The van der Waals surface area contributed by atoms with Gasteiger partial charge < -0.3 is 9.47 Å². The third kappa shape index (κ3) is 7.87. The molecule has 1 aromatic carbocycles. The molecule has 0 heterocycles. The number of carbonyl (C=O) groups is 2. The summed E-state index contributed by atoms with van der Waals surface area (Å²) in [6, 6.07) is 9.58. The summed E-state index contributed by atoms with van der Waals surface area (Å²) in [5, 5.41) is 0. The standard InChI is InChI=1S/C24H34O4/c1-19(2)12-6-3-4-11-17-27-23(25)21-15-9-10-16-22(21)24(26)28-18-20-13-7-5-8-14-20/h5,7-10,13-14,19,21-22H,3-4,6,11-12,15-18H2,1-2H3. The van der Waals surface area contributed by atoms with E-state index in [0.29, 0.717) is 19.4 Å². The minimum atomic E-state index is -0.452. The third-order valence-electron chi connectivity index (χ3n) is 5.18. The van der Waals surface area contributed by atoms with Gasteiger partial charge in [0.25, 0.3) is 0 Å². The van der Waals surface area contributed by atoms with Crippen LogP contribution in [0.4, 0.5) is 0 Å². The molecule has 0 spiro atoms. The van der Waals surface area contributed by atoms with Gasteiger partial charge in [-0.1, -0.05) is 82.0 Å². The molecule has 28 heavy (non-hydrogen) atoms. The van der Waals surface area contributed by atoms with Crippen LogP contribution in [0.1, 0.15) is 64.4 Å². The van der Waals surface area contributed by atoms with Gasteiger partial charge in [0.15, 0.2) is 0 Å². The van der Waals surface area contributed by atoms with Crippen molar-refractivity contribution in [3.63, 3.8) is 0 Å². The highest BCUT2D eigenvalue weighted by Gasteiger charge is 2.36. The normalized spacial score (nSPS) is 18.8. The van der Waals surface area contributed by atoms with Crippen molar-refractivity contribution < 1.29 is 19.1 Å². The number of allylic oxidation sites excluding steroid dienone is 2. The second-order valence-corrected chi connectivity index (χ2v) is 8.01. The molecular weight excluding hydrogens is 352 g/mol. The molecule has 0 bridgehead atoms. The molecular formula is C24H34O4. The number of rotatable bonds is 11. The smallest absolute Gasteiger partial charge is 0.310 e. The Morgan fingerprint density at radius 1 is 0.893 bits per heavy atom. The number of ether oxygens (including phenoxy) is 2. The van der Waals surface area contributed by atoms with Crippen LogP contribution in [0.15, 0.2) is 42.5 Å². The van der Waals surface area contributed by atoms with E-state index in [-0.39, 0.29) is 18.5 Å². The fraction of sp³-hybridized carbons (Fsp3) is 0.583. The molecule has 0 aromatic heterocycles. The van der Waals surface area contributed by atoms with Crippen LogP contribution in [0.3, 0.4) is 0 Å². The van der Waals surface area contributed by atoms with Crippen LogP contribution in [-0.2, 0) is 25.7 Å². The lowest BCUT2D eigenvalue weighted by atomic mass is 9.83. The molecule has 2 atom stereocenters. The fourth-order valence-corrected chi connectivity index (χ4v) is 3.46. The zero-order valence-electron chi connectivity index (χ0n) is 17.3. The summed E-state index contributed by atoms with van der Waals surface area (Å²) in [5.74, 6) is -0.728. The molecule has 2 unspecified atom stereocenters. The molecule has 4 nitrogen and oxygen atoms in total. The summed E-state index contributed by atoms with van der Waals surface area (Å²) >= 11 is 0. The Hall–Kier alpha value is -2.10. The summed E-state index contributed by atoms with van der Waals surface area (Å²) < 4.78 is 10.9. The molecule has 1 aromatic rings. The monoisotopic (exact) mass is 386 g/mol. The van der Waals surface area contributed by atoms with Crippen molar-refractivity contribution in [2.75, 3.05) is 6.61 Å². The van der Waals surface area contributed by atoms with Gasteiger partial charge in [0.2, 0.25) is 0 Å². The van der Waals surface area contributed by atoms with Gasteiger partial charge in [-0.3, -0.25) is 9.59 Å². The average molecular weight is 387 g/mol. The zero-order valence-corrected chi connectivity index (χ0v) is 17.3. The Balaban J connectivity index is 1.72. The third-order valence-corrected chi connectivity index (χ3v) is 5.18. The van der Waals surface area contributed by atoms with Crippen LogP contribution < -0.4 is 0 Å². The zero-order chi connectivity index (χ0) is 20.2. The Kier molecular flexibility index (Phi) is 9.81. The van der Waals surface area contributed by atoms with Crippen LogP contribution in [-0.4, -0.2) is 18.5 Å². The molecule has 0 radical (unpaired) electrons. The number of hydrogen-bond donors (Lipinski definition) is 0. The largest absolute Gasteiger partial charge is 0.465 e. The van der Waals surface area contributed by atoms with E-state index in [9.17, 15) is 9.59 Å². The van der Waals surface area contributed by atoms with Gasteiger partial charge in [-0.25, -0.2) is 0 Å². The molecule has 0 aliphatic heterocycles. The first-order valence-corrected chi connectivity index (χ1v) is 10.6. The number of unbranched alkanes of at least 4 members (excludes halogenated alkanes) is 3. The summed E-state index contributed by atoms with van der Waals surface area (Å²) in [6.45, 7) is 5.15. The Morgan fingerprint density at radius 2 is 1.50 bits per heavy atom. The SMILES string of the molecule is CC(C)CCCCCCOC(=O)C1CC=CCC1C(=O)OCc1ccccc1. The molecule has 0 N–H and O–H groups in total. The van der Waals surface area contributed by atoms with E-state index in [0.717, 1.165) is 24.3 Å². The second kappa shape index (κ2) is 12.4. The number of hydrogen-bond acceptors (Lipinski definition) is 4. The molecule has 0 saturated heterocycles. The number of esters is 2. The van der Waals surface area contributed by atoms with Gasteiger partial charge in [0.1, 0.15) is 6.61 Å². The van der Waals surface area contributed by atoms with Gasteiger partial charge in [-0.15, -0.1) is 0 Å². The van der Waals surface area contributed by atoms with Crippen molar-refractivity contribution in [3.05, 3.63) is 48.0 Å². The highest BCUT2D eigenvalue weighted by atomic mass is 16.5. The minimum Gasteiger partial charge on any atom is -0.465 e. The van der Waals surface area contributed by atoms with Crippen molar-refractivity contribution in [1.29, 1.82) is 0 Å². The summed E-state index contributed by atoms with van der Waals surface area (Å²) in [7, 11) is 0. The quantitative estimate of drug-likeness (QED) is 0.288. The van der Waals surface area contributed by atoms with Crippen molar-refractivity contribution in [2.24, 2.45) is 17.8 Å². The Labute approximate surface area is 169 Å². The molecule has 0 fully saturated rings. The summed E-state index contributed by atoms with van der Waals surface area (Å²) in [4.78, 5) is 25.0.